The molecule has 0 saturated heterocycles. The molecule has 1 rings (SSSR count). The first-order valence-electron chi connectivity index (χ1n) is 6.48. The lowest BCUT2D eigenvalue weighted by Gasteiger charge is -2.14. The Morgan fingerprint density at radius 1 is 1.33 bits per heavy atom. The van der Waals surface area contributed by atoms with E-state index in [1.165, 1.54) is 0 Å². The van der Waals surface area contributed by atoms with E-state index in [1.54, 1.807) is 6.21 Å². The summed E-state index contributed by atoms with van der Waals surface area (Å²) in [5.74, 6) is -0.0281. The van der Waals surface area contributed by atoms with E-state index in [-0.39, 0.29) is 11.9 Å². The molecule has 0 fully saturated rings. The second-order valence-electron chi connectivity index (χ2n) is 4.42. The molecule has 0 bridgehead atoms. The largest absolute Gasteiger partial charge is 0.324 e. The van der Waals surface area contributed by atoms with Crippen molar-refractivity contribution in [2.75, 3.05) is 5.32 Å². The van der Waals surface area contributed by atoms with Crippen molar-refractivity contribution < 1.29 is 4.79 Å². The van der Waals surface area contributed by atoms with Crippen LogP contribution < -0.4 is 5.32 Å². The molecule has 1 unspecified atom stereocenters. The molecule has 3 nitrogen and oxygen atoms in total. The summed E-state index contributed by atoms with van der Waals surface area (Å²) in [6.45, 7) is 7.99. The van der Waals surface area contributed by atoms with Crippen LogP contribution in [0.1, 0.15) is 37.8 Å². The molecule has 1 amide bonds. The van der Waals surface area contributed by atoms with Gasteiger partial charge in [-0.25, -0.2) is 0 Å². The van der Waals surface area contributed by atoms with Crippen LogP contribution in [0.5, 0.6) is 0 Å². The zero-order valence-corrected chi connectivity index (χ0v) is 11.7. The molecule has 1 aromatic rings. The highest BCUT2D eigenvalue weighted by Gasteiger charge is 2.15. The van der Waals surface area contributed by atoms with Gasteiger partial charge in [-0.1, -0.05) is 32.0 Å². The van der Waals surface area contributed by atoms with Crippen molar-refractivity contribution in [1.29, 1.82) is 0 Å². The lowest BCUT2D eigenvalue weighted by atomic mass is 10.1. The smallest absolute Gasteiger partial charge is 0.249 e. The Balaban J connectivity index is 2.83. The molecule has 0 spiro atoms. The standard InChI is InChI=1S/C15H22N2O/c1-5-10-16-13(6-2)15(18)17-14-11(3)8-7-9-12(14)4/h7-10,13H,5-6H2,1-4H3,(H,17,18). The van der Waals surface area contributed by atoms with E-state index in [0.29, 0.717) is 6.42 Å². The van der Waals surface area contributed by atoms with Crippen LogP contribution in [0.4, 0.5) is 5.69 Å². The Hall–Kier alpha value is -1.64. The molecule has 0 aliphatic rings. The quantitative estimate of drug-likeness (QED) is 0.794. The summed E-state index contributed by atoms with van der Waals surface area (Å²) >= 11 is 0. The average molecular weight is 246 g/mol. The van der Waals surface area contributed by atoms with Gasteiger partial charge < -0.3 is 5.32 Å². The Kier molecular flexibility index (Phi) is 5.56. The Labute approximate surface area is 109 Å². The van der Waals surface area contributed by atoms with Crippen LogP contribution in [0, 0.1) is 13.8 Å². The molecule has 1 atom stereocenters. The molecule has 0 radical (unpaired) electrons. The summed E-state index contributed by atoms with van der Waals surface area (Å²) in [5, 5.41) is 2.99. The Bertz CT molecular complexity index is 418. The number of amides is 1. The van der Waals surface area contributed by atoms with Crippen molar-refractivity contribution in [2.45, 2.75) is 46.6 Å². The van der Waals surface area contributed by atoms with Crippen LogP contribution in [0.2, 0.25) is 0 Å². The monoisotopic (exact) mass is 246 g/mol. The van der Waals surface area contributed by atoms with Gasteiger partial charge in [0, 0.05) is 5.69 Å². The summed E-state index contributed by atoms with van der Waals surface area (Å²) < 4.78 is 0. The lowest BCUT2D eigenvalue weighted by Crippen LogP contribution is -2.26. The molecule has 18 heavy (non-hydrogen) atoms. The van der Waals surface area contributed by atoms with Gasteiger partial charge in [0.15, 0.2) is 0 Å². The van der Waals surface area contributed by atoms with Gasteiger partial charge >= 0.3 is 0 Å². The molecule has 0 aliphatic carbocycles. The predicted molar refractivity (Wildman–Crippen MR) is 77.4 cm³/mol. The number of nitrogens with zero attached hydrogens (tertiary/aromatic N) is 1. The first kappa shape index (κ1) is 14.4. The number of anilines is 1. The number of hydrogen-bond donors (Lipinski definition) is 1. The molecular weight excluding hydrogens is 224 g/mol. The van der Waals surface area contributed by atoms with Gasteiger partial charge in [-0.05, 0) is 44.0 Å². The van der Waals surface area contributed by atoms with Crippen molar-refractivity contribution >= 4 is 17.8 Å². The molecule has 0 aliphatic heterocycles. The molecule has 1 N–H and O–H groups in total. The third-order valence-electron chi connectivity index (χ3n) is 2.89. The normalized spacial score (nSPS) is 12.7. The second-order valence-corrected chi connectivity index (χ2v) is 4.42. The third-order valence-corrected chi connectivity index (χ3v) is 2.89. The number of para-hydroxylation sites is 1. The van der Waals surface area contributed by atoms with Gasteiger partial charge in [0.05, 0.1) is 0 Å². The highest BCUT2D eigenvalue weighted by atomic mass is 16.2. The first-order chi connectivity index (χ1) is 8.60. The molecular formula is C15H22N2O. The van der Waals surface area contributed by atoms with Crippen LogP contribution in [0.25, 0.3) is 0 Å². The van der Waals surface area contributed by atoms with Crippen LogP contribution in [-0.4, -0.2) is 18.2 Å². The fraction of sp³-hybridized carbons (Fsp3) is 0.467. The fourth-order valence-corrected chi connectivity index (χ4v) is 1.81. The number of hydrogen-bond acceptors (Lipinski definition) is 2. The SMILES string of the molecule is CCC=NC(CC)C(=O)Nc1c(C)cccc1C. The Morgan fingerprint density at radius 2 is 1.94 bits per heavy atom. The van der Waals surface area contributed by atoms with E-state index in [4.69, 9.17) is 0 Å². The topological polar surface area (TPSA) is 41.5 Å². The average Bonchev–Trinajstić information content (AvgIpc) is 2.35. The van der Waals surface area contributed by atoms with Gasteiger partial charge in [0.25, 0.3) is 0 Å². The molecule has 3 heteroatoms. The number of aryl methyl sites for hydroxylation is 2. The maximum Gasteiger partial charge on any atom is 0.249 e. The van der Waals surface area contributed by atoms with Gasteiger partial charge in [-0.3, -0.25) is 9.79 Å². The number of benzene rings is 1. The van der Waals surface area contributed by atoms with Gasteiger partial charge in [-0.15, -0.1) is 0 Å². The molecule has 1 aromatic carbocycles. The van der Waals surface area contributed by atoms with Gasteiger partial charge in [0.2, 0.25) is 5.91 Å². The minimum absolute atomic E-state index is 0.0281. The maximum absolute atomic E-state index is 12.1. The lowest BCUT2D eigenvalue weighted by molar-refractivity contribution is -0.117. The summed E-state index contributed by atoms with van der Waals surface area (Å²) in [7, 11) is 0. The van der Waals surface area contributed by atoms with Crippen LogP contribution in [0.15, 0.2) is 23.2 Å². The van der Waals surface area contributed by atoms with E-state index in [1.807, 2.05) is 45.9 Å². The van der Waals surface area contributed by atoms with Crippen LogP contribution >= 0.6 is 0 Å². The minimum atomic E-state index is -0.288. The highest BCUT2D eigenvalue weighted by Crippen LogP contribution is 2.20. The number of carbonyl (C=O) groups is 1. The molecule has 0 saturated carbocycles. The van der Waals surface area contributed by atoms with Crippen molar-refractivity contribution in [3.63, 3.8) is 0 Å². The highest BCUT2D eigenvalue weighted by molar-refractivity contribution is 5.96. The van der Waals surface area contributed by atoms with Crippen molar-refractivity contribution in [3.8, 4) is 0 Å². The zero-order valence-electron chi connectivity index (χ0n) is 11.7. The first-order valence-corrected chi connectivity index (χ1v) is 6.48. The third kappa shape index (κ3) is 3.69. The van der Waals surface area contributed by atoms with Crippen LogP contribution in [-0.2, 0) is 4.79 Å². The van der Waals surface area contributed by atoms with E-state index >= 15 is 0 Å². The second kappa shape index (κ2) is 6.94. The summed E-state index contributed by atoms with van der Waals surface area (Å²) in [6.07, 6.45) is 3.37. The van der Waals surface area contributed by atoms with Gasteiger partial charge in [0.1, 0.15) is 6.04 Å². The van der Waals surface area contributed by atoms with E-state index < -0.39 is 0 Å². The van der Waals surface area contributed by atoms with E-state index in [2.05, 4.69) is 10.3 Å². The van der Waals surface area contributed by atoms with E-state index in [0.717, 1.165) is 23.2 Å². The summed E-state index contributed by atoms with van der Waals surface area (Å²) in [5.41, 5.74) is 3.07. The minimum Gasteiger partial charge on any atom is -0.324 e. The van der Waals surface area contributed by atoms with Gasteiger partial charge in [-0.2, -0.15) is 0 Å². The number of rotatable bonds is 5. The van der Waals surface area contributed by atoms with Crippen molar-refractivity contribution in [3.05, 3.63) is 29.3 Å². The summed E-state index contributed by atoms with van der Waals surface area (Å²) in [6, 6.07) is 5.70. The number of aliphatic imine (C=N–C) groups is 1. The maximum atomic E-state index is 12.1. The number of carbonyl (C=O) groups excluding carboxylic acids is 1. The molecule has 0 heterocycles. The van der Waals surface area contributed by atoms with E-state index in [9.17, 15) is 4.79 Å². The number of nitrogens with one attached hydrogen (secondary N) is 1. The molecule has 98 valence electrons. The summed E-state index contributed by atoms with van der Waals surface area (Å²) in [4.78, 5) is 16.4. The van der Waals surface area contributed by atoms with Crippen molar-refractivity contribution in [1.82, 2.24) is 0 Å². The Morgan fingerprint density at radius 3 is 2.44 bits per heavy atom. The van der Waals surface area contributed by atoms with Crippen molar-refractivity contribution in [2.24, 2.45) is 4.99 Å². The zero-order chi connectivity index (χ0) is 13.5. The predicted octanol–water partition coefficient (Wildman–Crippen LogP) is 3.50. The molecule has 0 aromatic heterocycles. The van der Waals surface area contributed by atoms with Crippen LogP contribution in [0.3, 0.4) is 0 Å². The fourth-order valence-electron chi connectivity index (χ4n) is 1.81.